The van der Waals surface area contributed by atoms with Crippen LogP contribution in [-0.2, 0) is 6.54 Å². The summed E-state index contributed by atoms with van der Waals surface area (Å²) in [5.41, 5.74) is 2.33. The molecule has 17 heavy (non-hydrogen) atoms. The highest BCUT2D eigenvalue weighted by atomic mass is 16.5. The summed E-state index contributed by atoms with van der Waals surface area (Å²) in [6.07, 6.45) is 0. The summed E-state index contributed by atoms with van der Waals surface area (Å²) in [7, 11) is 0. The van der Waals surface area contributed by atoms with Crippen molar-refractivity contribution in [2.45, 2.75) is 20.4 Å². The molecule has 88 valence electrons. The normalized spacial score (nSPS) is 10.2. The highest BCUT2D eigenvalue weighted by molar-refractivity contribution is 5.99. The van der Waals surface area contributed by atoms with Crippen LogP contribution in [0.1, 0.15) is 28.7 Å². The third-order valence-corrected chi connectivity index (χ3v) is 2.44. The van der Waals surface area contributed by atoms with Gasteiger partial charge in [0.25, 0.3) is 0 Å². The van der Waals surface area contributed by atoms with Crippen LogP contribution in [0.5, 0.6) is 0 Å². The Morgan fingerprint density at radius 2 is 2.18 bits per heavy atom. The van der Waals surface area contributed by atoms with Crippen LogP contribution in [0.25, 0.3) is 0 Å². The van der Waals surface area contributed by atoms with Gasteiger partial charge < -0.3 is 9.84 Å². The molecule has 4 nitrogen and oxygen atoms in total. The maximum atomic E-state index is 11.4. The molecule has 1 N–H and O–H groups in total. The lowest BCUT2D eigenvalue weighted by molar-refractivity contribution is 0.101. The Morgan fingerprint density at radius 1 is 1.41 bits per heavy atom. The molecule has 0 aliphatic heterocycles. The Morgan fingerprint density at radius 3 is 2.82 bits per heavy atom. The average molecular weight is 230 g/mol. The number of anilines is 1. The summed E-state index contributed by atoms with van der Waals surface area (Å²) < 4.78 is 4.97. The van der Waals surface area contributed by atoms with Crippen molar-refractivity contribution in [2.75, 3.05) is 5.32 Å². The van der Waals surface area contributed by atoms with Crippen LogP contribution >= 0.6 is 0 Å². The summed E-state index contributed by atoms with van der Waals surface area (Å²) in [6.45, 7) is 3.95. The molecule has 0 fully saturated rings. The van der Waals surface area contributed by atoms with E-state index >= 15 is 0 Å². The Kier molecular flexibility index (Phi) is 3.23. The summed E-state index contributed by atoms with van der Waals surface area (Å²) in [6, 6.07) is 9.29. The Hall–Kier alpha value is -2.10. The number of nitrogens with zero attached hydrogens (tertiary/aromatic N) is 1. The van der Waals surface area contributed by atoms with Gasteiger partial charge in [-0.05, 0) is 26.0 Å². The Balaban J connectivity index is 2.11. The Bertz CT molecular complexity index is 532. The molecule has 0 aliphatic rings. The maximum absolute atomic E-state index is 11.4. The van der Waals surface area contributed by atoms with E-state index in [0.717, 1.165) is 17.1 Å². The first-order valence-corrected chi connectivity index (χ1v) is 5.43. The van der Waals surface area contributed by atoms with Crippen molar-refractivity contribution in [3.63, 3.8) is 0 Å². The topological polar surface area (TPSA) is 55.1 Å². The second-order valence-electron chi connectivity index (χ2n) is 3.88. The summed E-state index contributed by atoms with van der Waals surface area (Å²) >= 11 is 0. The van der Waals surface area contributed by atoms with Crippen LogP contribution in [0.4, 0.5) is 5.69 Å². The fourth-order valence-electron chi connectivity index (χ4n) is 1.63. The van der Waals surface area contributed by atoms with E-state index in [-0.39, 0.29) is 5.78 Å². The molecule has 0 aliphatic carbocycles. The largest absolute Gasteiger partial charge is 0.379 e. The molecular weight excluding hydrogens is 216 g/mol. The summed E-state index contributed by atoms with van der Waals surface area (Å²) in [5.74, 6) is 0.825. The number of nitrogens with one attached hydrogen (secondary N) is 1. The number of hydrogen-bond donors (Lipinski definition) is 1. The van der Waals surface area contributed by atoms with Crippen LogP contribution in [0, 0.1) is 6.92 Å². The molecule has 0 amide bonds. The maximum Gasteiger partial charge on any atom is 0.161 e. The number of Topliss-reactive ketones (excluding diaryl/α,β-unsaturated/α-hetero) is 1. The van der Waals surface area contributed by atoms with Crippen LogP contribution in [0.3, 0.4) is 0 Å². The average Bonchev–Trinajstić information content (AvgIpc) is 2.73. The number of para-hydroxylation sites is 1. The molecule has 0 saturated carbocycles. The lowest BCUT2D eigenvalue weighted by Gasteiger charge is -2.08. The van der Waals surface area contributed by atoms with Gasteiger partial charge in [-0.15, -0.1) is 0 Å². The first-order valence-electron chi connectivity index (χ1n) is 5.43. The fourth-order valence-corrected chi connectivity index (χ4v) is 1.63. The van der Waals surface area contributed by atoms with Gasteiger partial charge in [0, 0.05) is 17.3 Å². The predicted octanol–water partition coefficient (Wildman–Crippen LogP) is 2.80. The Labute approximate surface area is 99.6 Å². The van der Waals surface area contributed by atoms with E-state index in [2.05, 4.69) is 10.5 Å². The van der Waals surface area contributed by atoms with E-state index in [9.17, 15) is 4.79 Å². The van der Waals surface area contributed by atoms with E-state index in [4.69, 9.17) is 4.52 Å². The van der Waals surface area contributed by atoms with Gasteiger partial charge in [-0.25, -0.2) is 0 Å². The molecule has 4 heteroatoms. The number of hydrogen-bond acceptors (Lipinski definition) is 4. The van der Waals surface area contributed by atoms with Crippen LogP contribution < -0.4 is 5.32 Å². The molecule has 0 spiro atoms. The molecule has 1 heterocycles. The van der Waals surface area contributed by atoms with Gasteiger partial charge in [0.1, 0.15) is 11.5 Å². The zero-order valence-electron chi connectivity index (χ0n) is 9.86. The molecule has 0 radical (unpaired) electrons. The smallest absolute Gasteiger partial charge is 0.161 e. The van der Waals surface area contributed by atoms with Gasteiger partial charge in [-0.2, -0.15) is 0 Å². The van der Waals surface area contributed by atoms with Crippen molar-refractivity contribution in [2.24, 2.45) is 0 Å². The summed E-state index contributed by atoms with van der Waals surface area (Å²) in [5, 5.41) is 7.06. The number of carbonyl (C=O) groups excluding carboxylic acids is 1. The second-order valence-corrected chi connectivity index (χ2v) is 3.88. The monoisotopic (exact) mass is 230 g/mol. The SMILES string of the molecule is CC(=O)c1ccccc1NCc1cc(C)on1. The molecule has 1 aromatic heterocycles. The lowest BCUT2D eigenvalue weighted by Crippen LogP contribution is -2.04. The van der Waals surface area contributed by atoms with E-state index < -0.39 is 0 Å². The molecule has 0 bridgehead atoms. The zero-order valence-corrected chi connectivity index (χ0v) is 9.86. The molecule has 2 rings (SSSR count). The van der Waals surface area contributed by atoms with Crippen LogP contribution in [0.15, 0.2) is 34.9 Å². The van der Waals surface area contributed by atoms with Crippen molar-refractivity contribution < 1.29 is 9.32 Å². The minimum atomic E-state index is 0.0458. The van der Waals surface area contributed by atoms with Gasteiger partial charge in [-0.1, -0.05) is 17.3 Å². The van der Waals surface area contributed by atoms with Crippen LogP contribution in [-0.4, -0.2) is 10.9 Å². The number of rotatable bonds is 4. The molecule has 0 atom stereocenters. The quantitative estimate of drug-likeness (QED) is 0.820. The van der Waals surface area contributed by atoms with E-state index in [1.807, 2.05) is 31.2 Å². The van der Waals surface area contributed by atoms with Gasteiger partial charge >= 0.3 is 0 Å². The lowest BCUT2D eigenvalue weighted by atomic mass is 10.1. The molecule has 1 aromatic carbocycles. The zero-order chi connectivity index (χ0) is 12.3. The highest BCUT2D eigenvalue weighted by Crippen LogP contribution is 2.16. The molecule has 0 saturated heterocycles. The third kappa shape index (κ3) is 2.72. The van der Waals surface area contributed by atoms with Crippen molar-refractivity contribution in [3.8, 4) is 0 Å². The third-order valence-electron chi connectivity index (χ3n) is 2.44. The minimum Gasteiger partial charge on any atom is -0.379 e. The number of benzene rings is 1. The molecule has 2 aromatic rings. The number of carbonyl (C=O) groups is 1. The summed E-state index contributed by atoms with van der Waals surface area (Å²) in [4.78, 5) is 11.4. The van der Waals surface area contributed by atoms with E-state index in [1.54, 1.807) is 13.0 Å². The van der Waals surface area contributed by atoms with Crippen molar-refractivity contribution in [1.82, 2.24) is 5.16 Å². The van der Waals surface area contributed by atoms with Gasteiger partial charge in [0.2, 0.25) is 0 Å². The van der Waals surface area contributed by atoms with Gasteiger partial charge in [0.05, 0.1) is 6.54 Å². The van der Waals surface area contributed by atoms with Crippen molar-refractivity contribution in [1.29, 1.82) is 0 Å². The number of aromatic nitrogens is 1. The van der Waals surface area contributed by atoms with E-state index in [1.165, 1.54) is 0 Å². The molecule has 0 unspecified atom stereocenters. The van der Waals surface area contributed by atoms with Crippen LogP contribution in [0.2, 0.25) is 0 Å². The van der Waals surface area contributed by atoms with Crippen molar-refractivity contribution in [3.05, 3.63) is 47.3 Å². The second kappa shape index (κ2) is 4.82. The first-order chi connectivity index (χ1) is 8.16. The number of ketones is 1. The molecular formula is C13H14N2O2. The first kappa shape index (κ1) is 11.4. The number of aryl methyl sites for hydroxylation is 1. The van der Waals surface area contributed by atoms with Crippen molar-refractivity contribution >= 4 is 11.5 Å². The standard InChI is InChI=1S/C13H14N2O2/c1-9-7-11(15-17-9)8-14-13-6-4-3-5-12(13)10(2)16/h3-7,14H,8H2,1-2H3. The van der Waals surface area contributed by atoms with Gasteiger partial charge in [0.15, 0.2) is 5.78 Å². The fraction of sp³-hybridized carbons (Fsp3) is 0.231. The van der Waals surface area contributed by atoms with E-state index in [0.29, 0.717) is 12.1 Å². The minimum absolute atomic E-state index is 0.0458. The van der Waals surface area contributed by atoms with Gasteiger partial charge in [-0.3, -0.25) is 4.79 Å². The predicted molar refractivity (Wildman–Crippen MR) is 65.0 cm³/mol. The highest BCUT2D eigenvalue weighted by Gasteiger charge is 2.06.